The number of allylic oxidation sites excluding steroid dienone is 6. The van der Waals surface area contributed by atoms with Gasteiger partial charge in [-0.25, -0.2) is 8.42 Å². The molecule has 4 nitrogen and oxygen atoms in total. The summed E-state index contributed by atoms with van der Waals surface area (Å²) in [6.45, 7) is 12.6. The Morgan fingerprint density at radius 3 is 2.17 bits per heavy atom. The molecule has 0 radical (unpaired) electrons. The van der Waals surface area contributed by atoms with Crippen LogP contribution < -0.4 is 4.72 Å². The van der Waals surface area contributed by atoms with Gasteiger partial charge in [-0.2, -0.15) is 0 Å². The Labute approximate surface area is 143 Å². The van der Waals surface area contributed by atoms with E-state index in [2.05, 4.69) is 24.5 Å². The number of nitrogens with one attached hydrogen (secondary N) is 1. The maximum absolute atomic E-state index is 12.6. The average Bonchev–Trinajstić information content (AvgIpc) is 2.59. The molecule has 0 unspecified atom stereocenters. The van der Waals surface area contributed by atoms with E-state index in [-0.39, 0.29) is 21.9 Å². The molecule has 5 heteroatoms. The molecular formula is C19H21NO3S. The molecule has 0 fully saturated rings. The smallest absolute Gasteiger partial charge is 0.261 e. The van der Waals surface area contributed by atoms with Crippen molar-refractivity contribution in [2.45, 2.75) is 11.8 Å². The minimum Gasteiger partial charge on any atom is -0.508 e. The fourth-order valence-corrected chi connectivity index (χ4v) is 3.06. The van der Waals surface area contributed by atoms with Crippen LogP contribution in [0, 0.1) is 0 Å². The van der Waals surface area contributed by atoms with E-state index in [1.807, 2.05) is 0 Å². The van der Waals surface area contributed by atoms with E-state index in [0.717, 1.165) is 0 Å². The topological polar surface area (TPSA) is 66.4 Å². The van der Waals surface area contributed by atoms with Crippen molar-refractivity contribution in [2.75, 3.05) is 0 Å². The van der Waals surface area contributed by atoms with Crippen molar-refractivity contribution in [1.82, 2.24) is 4.72 Å². The Morgan fingerprint density at radius 2 is 1.71 bits per heavy atom. The first-order valence-corrected chi connectivity index (χ1v) is 8.65. The molecule has 126 valence electrons. The molecule has 2 N–H and O–H groups in total. The zero-order chi connectivity index (χ0) is 18.2. The average molecular weight is 343 g/mol. The highest BCUT2D eigenvalue weighted by molar-refractivity contribution is 7.89. The minimum atomic E-state index is -3.83. The third-order valence-corrected chi connectivity index (χ3v) is 4.49. The maximum Gasteiger partial charge on any atom is 0.261 e. The highest BCUT2D eigenvalue weighted by atomic mass is 32.2. The molecule has 0 spiro atoms. The van der Waals surface area contributed by atoms with E-state index < -0.39 is 10.0 Å². The second-order valence-electron chi connectivity index (χ2n) is 4.65. The maximum atomic E-state index is 12.6. The van der Waals surface area contributed by atoms with Crippen LogP contribution in [0.3, 0.4) is 0 Å². The molecule has 0 saturated carbocycles. The van der Waals surface area contributed by atoms with Crippen LogP contribution in [0.2, 0.25) is 0 Å². The van der Waals surface area contributed by atoms with E-state index in [4.69, 9.17) is 0 Å². The van der Waals surface area contributed by atoms with Gasteiger partial charge in [-0.3, -0.25) is 4.72 Å². The number of rotatable bonds is 8. The minimum absolute atomic E-state index is 0.103. The Balaban J connectivity index is 3.50. The van der Waals surface area contributed by atoms with Gasteiger partial charge in [0.15, 0.2) is 0 Å². The molecule has 1 rings (SSSR count). The Hall–Kier alpha value is -2.79. The van der Waals surface area contributed by atoms with Crippen LogP contribution in [0.5, 0.6) is 0 Å². The highest BCUT2D eigenvalue weighted by Gasteiger charge is 2.20. The van der Waals surface area contributed by atoms with Crippen molar-refractivity contribution in [1.29, 1.82) is 0 Å². The summed E-state index contributed by atoms with van der Waals surface area (Å²) in [5.74, 6) is -0.103. The Morgan fingerprint density at radius 1 is 1.12 bits per heavy atom. The lowest BCUT2D eigenvalue weighted by Gasteiger charge is -2.16. The molecule has 1 aromatic carbocycles. The number of hydrogen-bond donors (Lipinski definition) is 2. The van der Waals surface area contributed by atoms with Crippen molar-refractivity contribution < 1.29 is 13.5 Å². The zero-order valence-corrected chi connectivity index (χ0v) is 14.4. The highest BCUT2D eigenvalue weighted by Crippen LogP contribution is 2.24. The molecule has 0 aliphatic heterocycles. The van der Waals surface area contributed by atoms with Crippen LogP contribution in [0.4, 0.5) is 0 Å². The summed E-state index contributed by atoms with van der Waals surface area (Å²) in [5, 5.41) is 10.2. The number of aliphatic hydroxyl groups is 1. The third-order valence-electron chi connectivity index (χ3n) is 3.11. The normalized spacial score (nSPS) is 12.2. The molecule has 0 aliphatic carbocycles. The summed E-state index contributed by atoms with van der Waals surface area (Å²) >= 11 is 0. The predicted molar refractivity (Wildman–Crippen MR) is 98.8 cm³/mol. The van der Waals surface area contributed by atoms with Crippen molar-refractivity contribution in [3.05, 3.63) is 103 Å². The van der Waals surface area contributed by atoms with Crippen LogP contribution in [0.25, 0.3) is 0 Å². The number of aliphatic hydroxyl groups excluding tert-OH is 1. The number of benzene rings is 1. The van der Waals surface area contributed by atoms with Gasteiger partial charge in [-0.15, -0.1) is 0 Å². The molecule has 0 heterocycles. The van der Waals surface area contributed by atoms with E-state index in [1.54, 1.807) is 25.1 Å². The molecule has 0 bridgehead atoms. The molecule has 0 aromatic heterocycles. The van der Waals surface area contributed by atoms with Crippen LogP contribution in [0.15, 0.2) is 108 Å². The van der Waals surface area contributed by atoms with Gasteiger partial charge >= 0.3 is 0 Å². The predicted octanol–water partition coefficient (Wildman–Crippen LogP) is 4.17. The molecule has 1 aromatic rings. The quantitative estimate of drug-likeness (QED) is 0.550. The van der Waals surface area contributed by atoms with Crippen LogP contribution in [-0.2, 0) is 10.0 Å². The van der Waals surface area contributed by atoms with E-state index in [1.165, 1.54) is 42.5 Å². The number of sulfonamides is 1. The summed E-state index contributed by atoms with van der Waals surface area (Å²) in [5.41, 5.74) is 0.913. The first-order valence-electron chi connectivity index (χ1n) is 7.17. The van der Waals surface area contributed by atoms with Crippen LogP contribution in [0.1, 0.15) is 6.92 Å². The summed E-state index contributed by atoms with van der Waals surface area (Å²) in [4.78, 5) is 0.109. The van der Waals surface area contributed by atoms with Gasteiger partial charge in [0.2, 0.25) is 0 Å². The summed E-state index contributed by atoms with van der Waals surface area (Å²) in [6.07, 6.45) is 7.31. The summed E-state index contributed by atoms with van der Waals surface area (Å²) in [6, 6.07) is 7.95. The zero-order valence-electron chi connectivity index (χ0n) is 13.6. The number of hydrogen-bond acceptors (Lipinski definition) is 3. The van der Waals surface area contributed by atoms with Gasteiger partial charge in [0.25, 0.3) is 10.0 Å². The van der Waals surface area contributed by atoms with Crippen LogP contribution in [-0.4, -0.2) is 13.5 Å². The standard InChI is InChI=1S/C19H21NO3S/c1-5-12-17(19(18(21)8-4)15(6-2)7-3)20-24(22,23)16-13-10-9-11-14-16/h5-14,20-21H,1-3H2,4H3/b17-12+,18-8+. The largest absolute Gasteiger partial charge is 0.508 e. The van der Waals surface area contributed by atoms with E-state index >= 15 is 0 Å². The van der Waals surface area contributed by atoms with Crippen molar-refractivity contribution in [3.8, 4) is 0 Å². The second-order valence-corrected chi connectivity index (χ2v) is 6.33. The SMILES string of the molecule is C=C/C=C(/NS(=O)(=O)c1ccccc1)C(=C(C=C)C=C)/C(O)=C\C. The first-order chi connectivity index (χ1) is 11.4. The Bertz CT molecular complexity index is 803. The van der Waals surface area contributed by atoms with Gasteiger partial charge in [0, 0.05) is 5.57 Å². The van der Waals surface area contributed by atoms with Crippen LogP contribution >= 0.6 is 0 Å². The fraction of sp³-hybridized carbons (Fsp3) is 0.0526. The third kappa shape index (κ3) is 4.60. The lowest BCUT2D eigenvalue weighted by molar-refractivity contribution is 0.422. The van der Waals surface area contributed by atoms with Gasteiger partial charge in [-0.1, -0.05) is 56.2 Å². The molecule has 24 heavy (non-hydrogen) atoms. The first kappa shape index (κ1) is 19.3. The summed E-state index contributed by atoms with van der Waals surface area (Å²) in [7, 11) is -3.83. The lowest BCUT2D eigenvalue weighted by atomic mass is 10.0. The van der Waals surface area contributed by atoms with Gasteiger partial charge in [-0.05, 0) is 36.8 Å². The summed E-state index contributed by atoms with van der Waals surface area (Å²) < 4.78 is 27.6. The second kappa shape index (κ2) is 8.74. The lowest BCUT2D eigenvalue weighted by Crippen LogP contribution is -2.25. The van der Waals surface area contributed by atoms with Gasteiger partial charge < -0.3 is 5.11 Å². The molecule has 0 aliphatic rings. The van der Waals surface area contributed by atoms with E-state index in [0.29, 0.717) is 5.57 Å². The monoisotopic (exact) mass is 343 g/mol. The molecule has 0 atom stereocenters. The molecular weight excluding hydrogens is 322 g/mol. The van der Waals surface area contributed by atoms with Gasteiger partial charge in [0.05, 0.1) is 10.6 Å². The van der Waals surface area contributed by atoms with Crippen molar-refractivity contribution in [2.24, 2.45) is 0 Å². The van der Waals surface area contributed by atoms with E-state index in [9.17, 15) is 13.5 Å². The van der Waals surface area contributed by atoms with Crippen molar-refractivity contribution >= 4 is 10.0 Å². The van der Waals surface area contributed by atoms with Gasteiger partial charge in [0.1, 0.15) is 5.76 Å². The Kier molecular flexibility index (Phi) is 7.01. The fourth-order valence-electron chi connectivity index (χ4n) is 1.96. The molecule has 0 amide bonds. The molecule has 0 saturated heterocycles. The van der Waals surface area contributed by atoms with Crippen molar-refractivity contribution in [3.63, 3.8) is 0 Å².